The molecule has 0 saturated heterocycles. The quantitative estimate of drug-likeness (QED) is 0.744. The normalized spacial score (nSPS) is 11.8. The summed E-state index contributed by atoms with van der Waals surface area (Å²) < 4.78 is 23.9. The largest absolute Gasteiger partial charge is 0.478 e. The average Bonchev–Trinajstić information content (AvgIpc) is 3.06. The first kappa shape index (κ1) is 16.9. The summed E-state index contributed by atoms with van der Waals surface area (Å²) in [7, 11) is 0. The molecular formula is C17H13ClFN3O3. The molecule has 6 nitrogen and oxygen atoms in total. The minimum absolute atomic E-state index is 0.0138. The van der Waals surface area contributed by atoms with E-state index < -0.39 is 17.8 Å². The van der Waals surface area contributed by atoms with Gasteiger partial charge in [0.15, 0.2) is 17.7 Å². The van der Waals surface area contributed by atoms with Crippen LogP contribution in [-0.4, -0.2) is 22.2 Å². The Balaban J connectivity index is 1.65. The summed E-state index contributed by atoms with van der Waals surface area (Å²) in [6.07, 6.45) is -0.950. The number of halogens is 2. The predicted octanol–water partition coefficient (Wildman–Crippen LogP) is 3.94. The third kappa shape index (κ3) is 4.13. The Labute approximate surface area is 147 Å². The van der Waals surface area contributed by atoms with Gasteiger partial charge in [-0.05, 0) is 48.5 Å². The van der Waals surface area contributed by atoms with Gasteiger partial charge in [-0.15, -0.1) is 0 Å². The summed E-state index contributed by atoms with van der Waals surface area (Å²) in [5.74, 6) is -0.882. The number of rotatable bonds is 5. The molecule has 0 bridgehead atoms. The number of benzene rings is 2. The summed E-state index contributed by atoms with van der Waals surface area (Å²) in [5.41, 5.74) is 0.660. The van der Waals surface area contributed by atoms with E-state index in [1.807, 2.05) is 0 Å². The molecule has 1 heterocycles. The Hall–Kier alpha value is -2.93. The van der Waals surface area contributed by atoms with Gasteiger partial charge in [0.2, 0.25) is 0 Å². The molecule has 128 valence electrons. The molecule has 0 aliphatic heterocycles. The van der Waals surface area contributed by atoms with Crippen molar-refractivity contribution in [2.45, 2.75) is 13.0 Å². The summed E-state index contributed by atoms with van der Waals surface area (Å²) in [6, 6.07) is 12.6. The van der Waals surface area contributed by atoms with Gasteiger partial charge in [-0.25, -0.2) is 4.39 Å². The standard InChI is InChI=1S/C17H13ClFN3O3/c1-10(24-14-5-3-2-4-13(14)19)15(23)20-17-21-16(25-22-17)11-6-8-12(18)9-7-11/h2-10H,1H3,(H,20,22,23)/t10-/m1/s1. The molecule has 25 heavy (non-hydrogen) atoms. The van der Waals surface area contributed by atoms with Gasteiger partial charge >= 0.3 is 0 Å². The summed E-state index contributed by atoms with van der Waals surface area (Å²) in [4.78, 5) is 16.2. The third-order valence-corrected chi connectivity index (χ3v) is 3.51. The lowest BCUT2D eigenvalue weighted by Gasteiger charge is -2.13. The van der Waals surface area contributed by atoms with E-state index in [-0.39, 0.29) is 17.6 Å². The number of hydrogen-bond acceptors (Lipinski definition) is 5. The van der Waals surface area contributed by atoms with Crippen LogP contribution in [0.4, 0.5) is 10.3 Å². The minimum atomic E-state index is -0.950. The molecule has 0 saturated carbocycles. The number of carbonyl (C=O) groups excluding carboxylic acids is 1. The van der Waals surface area contributed by atoms with Gasteiger partial charge in [0.25, 0.3) is 17.7 Å². The molecule has 0 spiro atoms. The smallest absolute Gasteiger partial charge is 0.270 e. The zero-order valence-electron chi connectivity index (χ0n) is 13.1. The average molecular weight is 362 g/mol. The van der Waals surface area contributed by atoms with Gasteiger partial charge < -0.3 is 9.26 Å². The third-order valence-electron chi connectivity index (χ3n) is 3.26. The fraction of sp³-hybridized carbons (Fsp3) is 0.118. The van der Waals surface area contributed by atoms with Gasteiger partial charge in [-0.2, -0.15) is 4.98 Å². The van der Waals surface area contributed by atoms with Crippen molar-refractivity contribution in [1.29, 1.82) is 0 Å². The van der Waals surface area contributed by atoms with Gasteiger partial charge in [0, 0.05) is 10.6 Å². The number of nitrogens with zero attached hydrogens (tertiary/aromatic N) is 2. The summed E-state index contributed by atoms with van der Waals surface area (Å²) in [6.45, 7) is 1.49. The molecular weight excluding hydrogens is 349 g/mol. The van der Waals surface area contributed by atoms with Crippen molar-refractivity contribution in [3.63, 3.8) is 0 Å². The van der Waals surface area contributed by atoms with Gasteiger partial charge in [-0.1, -0.05) is 23.7 Å². The molecule has 0 aliphatic rings. The molecule has 2 aromatic carbocycles. The Bertz CT molecular complexity index is 883. The highest BCUT2D eigenvalue weighted by Crippen LogP contribution is 2.21. The van der Waals surface area contributed by atoms with Crippen LogP contribution < -0.4 is 10.1 Å². The number of hydrogen-bond donors (Lipinski definition) is 1. The second-order valence-corrected chi connectivity index (χ2v) is 5.55. The Morgan fingerprint density at radius 3 is 2.68 bits per heavy atom. The zero-order valence-corrected chi connectivity index (χ0v) is 13.8. The monoisotopic (exact) mass is 361 g/mol. The maximum atomic E-state index is 13.6. The maximum Gasteiger partial charge on any atom is 0.270 e. The van der Waals surface area contributed by atoms with Crippen LogP contribution in [-0.2, 0) is 4.79 Å². The molecule has 3 rings (SSSR count). The fourth-order valence-corrected chi connectivity index (χ4v) is 2.11. The number of para-hydroxylation sites is 1. The topological polar surface area (TPSA) is 77.2 Å². The van der Waals surface area contributed by atoms with Crippen LogP contribution in [0.25, 0.3) is 11.5 Å². The molecule has 8 heteroatoms. The number of carbonyl (C=O) groups is 1. The van der Waals surface area contributed by atoms with Crippen LogP contribution >= 0.6 is 11.6 Å². The van der Waals surface area contributed by atoms with Crippen molar-refractivity contribution in [2.24, 2.45) is 0 Å². The highest BCUT2D eigenvalue weighted by molar-refractivity contribution is 6.30. The first-order valence-corrected chi connectivity index (χ1v) is 7.72. The molecule has 0 unspecified atom stereocenters. The van der Waals surface area contributed by atoms with Crippen molar-refractivity contribution in [1.82, 2.24) is 10.1 Å². The highest BCUT2D eigenvalue weighted by atomic mass is 35.5. The fourth-order valence-electron chi connectivity index (χ4n) is 1.98. The van der Waals surface area contributed by atoms with Crippen LogP contribution in [0.2, 0.25) is 5.02 Å². The summed E-state index contributed by atoms with van der Waals surface area (Å²) >= 11 is 5.82. The Morgan fingerprint density at radius 1 is 1.24 bits per heavy atom. The second kappa shape index (κ2) is 7.31. The van der Waals surface area contributed by atoms with E-state index in [1.54, 1.807) is 30.3 Å². The molecule has 1 N–H and O–H groups in total. The van der Waals surface area contributed by atoms with Crippen LogP contribution in [0.15, 0.2) is 53.1 Å². The van der Waals surface area contributed by atoms with Crippen LogP contribution in [0.5, 0.6) is 5.75 Å². The van der Waals surface area contributed by atoms with E-state index >= 15 is 0 Å². The Morgan fingerprint density at radius 2 is 1.96 bits per heavy atom. The van der Waals surface area contributed by atoms with Crippen molar-refractivity contribution < 1.29 is 18.4 Å². The lowest BCUT2D eigenvalue weighted by molar-refractivity contribution is -0.122. The van der Waals surface area contributed by atoms with Crippen molar-refractivity contribution in [3.05, 3.63) is 59.4 Å². The molecule has 0 fully saturated rings. The van der Waals surface area contributed by atoms with E-state index in [0.29, 0.717) is 10.6 Å². The molecule has 0 radical (unpaired) electrons. The van der Waals surface area contributed by atoms with E-state index in [4.69, 9.17) is 20.9 Å². The van der Waals surface area contributed by atoms with Gasteiger partial charge in [0.1, 0.15) is 0 Å². The molecule has 3 aromatic rings. The van der Waals surface area contributed by atoms with Crippen LogP contribution in [0.3, 0.4) is 0 Å². The van der Waals surface area contributed by atoms with E-state index in [9.17, 15) is 9.18 Å². The molecule has 0 aliphatic carbocycles. The second-order valence-electron chi connectivity index (χ2n) is 5.11. The van der Waals surface area contributed by atoms with Crippen molar-refractivity contribution in [2.75, 3.05) is 5.32 Å². The SMILES string of the molecule is C[C@@H](Oc1ccccc1F)C(=O)Nc1noc(-c2ccc(Cl)cc2)n1. The summed E-state index contributed by atoms with van der Waals surface area (Å²) in [5, 5.41) is 6.72. The Kier molecular flexibility index (Phi) is 4.95. The number of amides is 1. The van der Waals surface area contributed by atoms with E-state index in [2.05, 4.69) is 15.5 Å². The van der Waals surface area contributed by atoms with Crippen LogP contribution in [0.1, 0.15) is 6.92 Å². The first-order valence-electron chi connectivity index (χ1n) is 7.34. The predicted molar refractivity (Wildman–Crippen MR) is 89.9 cm³/mol. The molecule has 1 atom stereocenters. The van der Waals surface area contributed by atoms with Crippen LogP contribution in [0, 0.1) is 5.82 Å². The molecule has 1 aromatic heterocycles. The first-order chi connectivity index (χ1) is 12.0. The number of ether oxygens (including phenoxy) is 1. The van der Waals surface area contributed by atoms with Crippen molar-refractivity contribution >= 4 is 23.5 Å². The van der Waals surface area contributed by atoms with Crippen molar-refractivity contribution in [3.8, 4) is 17.2 Å². The lowest BCUT2D eigenvalue weighted by atomic mass is 10.2. The van der Waals surface area contributed by atoms with E-state index in [1.165, 1.54) is 25.1 Å². The van der Waals surface area contributed by atoms with Gasteiger partial charge in [-0.3, -0.25) is 10.1 Å². The van der Waals surface area contributed by atoms with E-state index in [0.717, 1.165) is 0 Å². The van der Waals surface area contributed by atoms with Gasteiger partial charge in [0.05, 0.1) is 0 Å². The highest BCUT2D eigenvalue weighted by Gasteiger charge is 2.19. The maximum absolute atomic E-state index is 13.6. The number of nitrogens with one attached hydrogen (secondary N) is 1. The number of anilines is 1. The number of aromatic nitrogens is 2. The zero-order chi connectivity index (χ0) is 17.8. The lowest BCUT2D eigenvalue weighted by Crippen LogP contribution is -2.30. The molecule has 1 amide bonds. The minimum Gasteiger partial charge on any atom is -0.478 e.